The maximum absolute atomic E-state index is 13.7. The minimum Gasteiger partial charge on any atom is -0.464 e. The second kappa shape index (κ2) is 13.3. The van der Waals surface area contributed by atoms with Crippen molar-refractivity contribution in [3.05, 3.63) is 47.0 Å². The molecule has 210 valence electrons. The molecule has 0 aliphatic carbocycles. The Morgan fingerprint density at radius 2 is 1.92 bits per heavy atom. The van der Waals surface area contributed by atoms with Gasteiger partial charge in [0, 0.05) is 0 Å². The monoisotopic (exact) mass is 555 g/mol. The van der Waals surface area contributed by atoms with Gasteiger partial charge in [-0.2, -0.15) is 19.9 Å². The highest BCUT2D eigenvalue weighted by Crippen LogP contribution is 2.46. The molecule has 1 fully saturated rings. The molecule has 0 saturated carbocycles. The van der Waals surface area contributed by atoms with E-state index >= 15 is 0 Å². The van der Waals surface area contributed by atoms with Gasteiger partial charge in [0.1, 0.15) is 35.9 Å². The van der Waals surface area contributed by atoms with Crippen molar-refractivity contribution in [1.82, 2.24) is 19.9 Å². The summed E-state index contributed by atoms with van der Waals surface area (Å²) in [6.45, 7) is 5.12. The number of anilines is 1. The van der Waals surface area contributed by atoms with Gasteiger partial charge in [-0.3, -0.25) is 9.32 Å². The average molecular weight is 556 g/mol. The number of hydrogen-bond acceptors (Lipinski definition) is 12. The van der Waals surface area contributed by atoms with Crippen molar-refractivity contribution in [2.24, 2.45) is 5.92 Å². The number of rotatable bonds is 13. The number of carbonyl (C=O) groups excluding carboxylic acids is 1. The highest BCUT2D eigenvalue weighted by molar-refractivity contribution is 7.52. The van der Waals surface area contributed by atoms with Crippen molar-refractivity contribution < 1.29 is 38.1 Å². The lowest BCUT2D eigenvalue weighted by Crippen LogP contribution is -2.38. The molecule has 2 aromatic rings. The van der Waals surface area contributed by atoms with Crippen LogP contribution in [0.1, 0.15) is 39.8 Å². The third kappa shape index (κ3) is 7.59. The molecule has 14 nitrogen and oxygen atoms in total. The molecule has 2 heterocycles. The van der Waals surface area contributed by atoms with Crippen LogP contribution in [0.15, 0.2) is 41.3 Å². The van der Waals surface area contributed by atoms with Gasteiger partial charge in [0.15, 0.2) is 6.23 Å². The predicted molar refractivity (Wildman–Crippen MR) is 135 cm³/mol. The zero-order chi connectivity index (χ0) is 27.9. The molecule has 3 rings (SSSR count). The second-order valence-corrected chi connectivity index (χ2v) is 10.5. The van der Waals surface area contributed by atoms with E-state index in [1.165, 1.54) is 6.92 Å². The Balaban J connectivity index is 1.71. The molecule has 6 atom stereocenters. The average Bonchev–Trinajstić information content (AvgIpc) is 3.17. The number of nitrogens with zero attached hydrogens (tertiary/aromatic N) is 3. The minimum absolute atomic E-state index is 0.128. The van der Waals surface area contributed by atoms with Crippen molar-refractivity contribution in [2.75, 3.05) is 18.9 Å². The summed E-state index contributed by atoms with van der Waals surface area (Å²) in [7, 11) is -4.26. The maximum atomic E-state index is 13.7. The fraction of sp³-hybridized carbons (Fsp3) is 0.565. The van der Waals surface area contributed by atoms with Crippen LogP contribution in [-0.2, 0) is 23.4 Å². The van der Waals surface area contributed by atoms with Crippen LogP contribution in [0.25, 0.3) is 0 Å². The van der Waals surface area contributed by atoms with Crippen molar-refractivity contribution in [3.63, 3.8) is 0 Å². The first-order valence-corrected chi connectivity index (χ1v) is 13.8. The summed E-state index contributed by atoms with van der Waals surface area (Å²) >= 11 is 0. The highest BCUT2D eigenvalue weighted by atomic mass is 31.2. The van der Waals surface area contributed by atoms with Gasteiger partial charge in [0.05, 0.1) is 19.4 Å². The van der Waals surface area contributed by atoms with Gasteiger partial charge in [-0.25, -0.2) is 9.36 Å². The Morgan fingerprint density at radius 1 is 1.24 bits per heavy atom. The minimum atomic E-state index is -4.26. The molecule has 1 aromatic heterocycles. The number of hydrogen-bond donors (Lipinski definition) is 4. The fourth-order valence-corrected chi connectivity index (χ4v) is 5.13. The summed E-state index contributed by atoms with van der Waals surface area (Å²) in [4.78, 5) is 28.2. The van der Waals surface area contributed by atoms with E-state index in [0.29, 0.717) is 0 Å². The maximum Gasteiger partial charge on any atom is 0.459 e. The van der Waals surface area contributed by atoms with E-state index < -0.39 is 56.6 Å². The van der Waals surface area contributed by atoms with Gasteiger partial charge < -0.3 is 29.9 Å². The van der Waals surface area contributed by atoms with E-state index in [9.17, 15) is 24.4 Å². The van der Waals surface area contributed by atoms with Gasteiger partial charge in [-0.15, -0.1) is 0 Å². The number of benzene rings is 1. The number of nitrogens with one attached hydrogen (secondary N) is 1. The summed E-state index contributed by atoms with van der Waals surface area (Å²) in [5, 5.41) is 27.3. The van der Waals surface area contributed by atoms with Crippen molar-refractivity contribution >= 4 is 19.5 Å². The zero-order valence-electron chi connectivity index (χ0n) is 21.4. The molecule has 1 saturated heterocycles. The highest BCUT2D eigenvalue weighted by Gasteiger charge is 2.46. The first-order chi connectivity index (χ1) is 18.1. The summed E-state index contributed by atoms with van der Waals surface area (Å²) in [6.07, 6.45) is -3.00. The second-order valence-electron chi connectivity index (χ2n) is 8.82. The van der Waals surface area contributed by atoms with Crippen LogP contribution in [0.5, 0.6) is 5.75 Å². The molecule has 3 unspecified atom stereocenters. The SMILES string of the molecule is CCC(CC)COC(=O)[C@H](C)NP(=O)(OC[C@H]1O[C@@H](n2ncc(N)nc2=O)C(O)C1O)Oc1ccccc1. The van der Waals surface area contributed by atoms with Crippen LogP contribution in [-0.4, -0.2) is 68.5 Å². The Morgan fingerprint density at radius 3 is 2.55 bits per heavy atom. The molecule has 1 aliphatic heterocycles. The van der Waals surface area contributed by atoms with E-state index in [1.807, 2.05) is 13.8 Å². The molecule has 0 bridgehead atoms. The summed E-state index contributed by atoms with van der Waals surface area (Å²) < 4.78 is 36.4. The number of esters is 1. The van der Waals surface area contributed by atoms with Crippen LogP contribution in [0.3, 0.4) is 0 Å². The number of nitrogens with two attached hydrogens (primary N) is 1. The van der Waals surface area contributed by atoms with Gasteiger partial charge in [-0.1, -0.05) is 44.9 Å². The quantitative estimate of drug-likeness (QED) is 0.202. The number of para-hydroxylation sites is 1. The first kappa shape index (κ1) is 29.7. The molecule has 1 aromatic carbocycles. The Kier molecular flexibility index (Phi) is 10.4. The van der Waals surface area contributed by atoms with Gasteiger partial charge in [0.25, 0.3) is 0 Å². The standard InChI is InChI=1S/C23H34N5O9P/c1-4-15(5-2)12-34-22(31)14(3)27-38(33,37-16-9-7-6-8-10-16)35-13-17-19(29)20(30)21(36-17)28-23(32)26-18(24)11-25-28/h6-11,14-15,17,19-21,29-30H,4-5,12-13H2,1-3H3,(H,27,33)(H2,24,26,32)/t14-,17+,19?,20?,21+,38?/m0/s1. The Hall–Kier alpha value is -2.87. The smallest absolute Gasteiger partial charge is 0.459 e. The molecule has 0 radical (unpaired) electrons. The molecule has 1 aliphatic rings. The van der Waals surface area contributed by atoms with Gasteiger partial charge in [0.2, 0.25) is 0 Å². The van der Waals surface area contributed by atoms with Crippen molar-refractivity contribution in [2.45, 2.75) is 64.2 Å². The first-order valence-electron chi connectivity index (χ1n) is 12.2. The third-order valence-electron chi connectivity index (χ3n) is 6.01. The predicted octanol–water partition coefficient (Wildman–Crippen LogP) is 1.00. The van der Waals surface area contributed by atoms with Crippen LogP contribution >= 0.6 is 7.75 Å². The fourth-order valence-electron chi connectivity index (χ4n) is 3.63. The van der Waals surface area contributed by atoms with Crippen LogP contribution < -0.4 is 21.0 Å². The molecular weight excluding hydrogens is 521 g/mol. The Bertz CT molecular complexity index is 1160. The van der Waals surface area contributed by atoms with E-state index in [0.717, 1.165) is 23.7 Å². The molecule has 5 N–H and O–H groups in total. The van der Waals surface area contributed by atoms with E-state index in [2.05, 4.69) is 15.2 Å². The zero-order valence-corrected chi connectivity index (χ0v) is 22.3. The topological polar surface area (TPSA) is 197 Å². The summed E-state index contributed by atoms with van der Waals surface area (Å²) in [5.74, 6) is -0.382. The van der Waals surface area contributed by atoms with Crippen LogP contribution in [0.4, 0.5) is 5.82 Å². The van der Waals surface area contributed by atoms with Crippen LogP contribution in [0, 0.1) is 5.92 Å². The van der Waals surface area contributed by atoms with E-state index in [1.54, 1.807) is 30.3 Å². The molecule has 15 heteroatoms. The molecule has 38 heavy (non-hydrogen) atoms. The number of carbonyl (C=O) groups is 1. The van der Waals surface area contributed by atoms with Crippen molar-refractivity contribution in [1.29, 1.82) is 0 Å². The largest absolute Gasteiger partial charge is 0.464 e. The molecule has 0 spiro atoms. The lowest BCUT2D eigenvalue weighted by Gasteiger charge is -2.25. The van der Waals surface area contributed by atoms with E-state index in [4.69, 9.17) is 24.3 Å². The number of aromatic nitrogens is 3. The number of ether oxygens (including phenoxy) is 2. The van der Waals surface area contributed by atoms with Gasteiger partial charge in [-0.05, 0) is 25.0 Å². The van der Waals surface area contributed by atoms with Gasteiger partial charge >= 0.3 is 19.4 Å². The summed E-state index contributed by atoms with van der Waals surface area (Å²) in [5.41, 5.74) is 4.54. The normalized spacial score (nSPS) is 23.6. The lowest BCUT2D eigenvalue weighted by molar-refractivity contribution is -0.146. The lowest BCUT2D eigenvalue weighted by atomic mass is 10.1. The third-order valence-corrected chi connectivity index (χ3v) is 7.66. The molecule has 0 amide bonds. The number of nitrogen functional groups attached to an aromatic ring is 1. The molecular formula is C23H34N5O9P. The van der Waals surface area contributed by atoms with E-state index in [-0.39, 0.29) is 24.1 Å². The Labute approximate surface area is 219 Å². The summed E-state index contributed by atoms with van der Waals surface area (Å²) in [6, 6.07) is 7.06. The van der Waals surface area contributed by atoms with Crippen molar-refractivity contribution in [3.8, 4) is 5.75 Å². The number of aliphatic hydroxyl groups excluding tert-OH is 2. The van der Waals surface area contributed by atoms with Crippen LogP contribution in [0.2, 0.25) is 0 Å². The number of aliphatic hydroxyl groups is 2.